The van der Waals surface area contributed by atoms with Crippen molar-refractivity contribution in [1.82, 2.24) is 15.0 Å². The van der Waals surface area contributed by atoms with Crippen molar-refractivity contribution in [2.75, 3.05) is 36.4 Å². The van der Waals surface area contributed by atoms with Crippen molar-refractivity contribution in [3.05, 3.63) is 78.1 Å². The van der Waals surface area contributed by atoms with Crippen LogP contribution in [0.1, 0.15) is 11.1 Å². The Bertz CT molecular complexity index is 1530. The Balaban J connectivity index is 1.44. The summed E-state index contributed by atoms with van der Waals surface area (Å²) in [5.41, 5.74) is 5.59. The molecule has 0 spiro atoms. The average Bonchev–Trinajstić information content (AvgIpc) is 3.51. The minimum Gasteiger partial charge on any atom is -0.497 e. The molecule has 0 fully saturated rings. The van der Waals surface area contributed by atoms with Crippen LogP contribution >= 0.6 is 11.3 Å². The lowest BCUT2D eigenvalue weighted by Gasteiger charge is -2.34. The number of hydrogen-bond donors (Lipinski definition) is 1. The van der Waals surface area contributed by atoms with Gasteiger partial charge in [0.25, 0.3) is 0 Å². The zero-order valence-electron chi connectivity index (χ0n) is 21.7. The zero-order valence-corrected chi connectivity index (χ0v) is 22.5. The smallest absolute Gasteiger partial charge is 0.330 e. The lowest BCUT2D eigenvalue weighted by Crippen LogP contribution is -2.46. The Morgan fingerprint density at radius 1 is 1.15 bits per heavy atom. The van der Waals surface area contributed by atoms with Crippen molar-refractivity contribution < 1.29 is 19.1 Å². The minimum absolute atomic E-state index is 0.106. The van der Waals surface area contributed by atoms with Gasteiger partial charge in [0.1, 0.15) is 17.3 Å². The van der Waals surface area contributed by atoms with E-state index in [9.17, 15) is 9.59 Å². The molecule has 39 heavy (non-hydrogen) atoms. The molecule has 1 N–H and O–H groups in total. The van der Waals surface area contributed by atoms with Crippen LogP contribution in [0, 0.1) is 0 Å². The minimum atomic E-state index is -0.256. The molecule has 1 aliphatic heterocycles. The number of nitrogens with zero attached hydrogens (tertiary/aromatic N) is 5. The molecule has 2 aromatic carbocycles. The maximum atomic E-state index is 13.4. The number of thiazole rings is 1. The Hall–Kier alpha value is -4.77. The topological polar surface area (TPSA) is 110 Å². The predicted octanol–water partition coefficient (Wildman–Crippen LogP) is 5.23. The second-order valence-electron chi connectivity index (χ2n) is 8.75. The third kappa shape index (κ3) is 5.30. The molecule has 0 saturated heterocycles. The molecule has 1 aliphatic rings. The van der Waals surface area contributed by atoms with E-state index >= 15 is 0 Å². The number of nitrogens with one attached hydrogen (secondary N) is 1. The third-order valence-corrected chi connectivity index (χ3v) is 7.14. The van der Waals surface area contributed by atoms with E-state index in [4.69, 9.17) is 9.47 Å². The van der Waals surface area contributed by atoms with Crippen molar-refractivity contribution in [2.45, 2.75) is 13.0 Å². The highest BCUT2D eigenvalue weighted by molar-refractivity contribution is 7.13. The van der Waals surface area contributed by atoms with Gasteiger partial charge in [-0.3, -0.25) is 19.6 Å². The Labute approximate surface area is 229 Å². The summed E-state index contributed by atoms with van der Waals surface area (Å²) in [6.45, 7) is 3.87. The van der Waals surface area contributed by atoms with E-state index in [0.29, 0.717) is 34.6 Å². The number of fused-ring (bicyclic) bond motifs is 1. The van der Waals surface area contributed by atoms with Crippen molar-refractivity contribution >= 4 is 46.3 Å². The number of allylic oxidation sites excluding steroid dienone is 1. The molecular weight excluding hydrogens is 516 g/mol. The lowest BCUT2D eigenvalue weighted by molar-refractivity contribution is -0.114. The number of benzene rings is 2. The van der Waals surface area contributed by atoms with Gasteiger partial charge in [0.15, 0.2) is 5.78 Å². The summed E-state index contributed by atoms with van der Waals surface area (Å²) in [4.78, 5) is 43.0. The summed E-state index contributed by atoms with van der Waals surface area (Å²) in [7, 11) is 4.79. The number of rotatable bonds is 9. The monoisotopic (exact) mass is 542 g/mol. The summed E-state index contributed by atoms with van der Waals surface area (Å²) in [5.74, 6) is 1.85. The third-order valence-electron chi connectivity index (χ3n) is 6.31. The van der Waals surface area contributed by atoms with Crippen LogP contribution in [0.5, 0.6) is 11.5 Å². The Kier molecular flexibility index (Phi) is 7.24. The molecule has 0 saturated carbocycles. The fraction of sp³-hybridized carbons (Fsp3) is 0.179. The molecule has 5 rings (SSSR count). The van der Waals surface area contributed by atoms with E-state index in [1.54, 1.807) is 62.3 Å². The molecule has 0 aliphatic carbocycles. The molecular formula is C28H26N6O4S. The van der Waals surface area contributed by atoms with Crippen LogP contribution in [-0.4, -0.2) is 48.0 Å². The molecule has 3 heterocycles. The maximum Gasteiger partial charge on any atom is 0.330 e. The van der Waals surface area contributed by atoms with Gasteiger partial charge in [-0.15, -0.1) is 11.3 Å². The van der Waals surface area contributed by atoms with Gasteiger partial charge in [-0.25, -0.2) is 9.78 Å². The van der Waals surface area contributed by atoms with E-state index in [1.807, 2.05) is 18.2 Å². The van der Waals surface area contributed by atoms with E-state index in [-0.39, 0.29) is 24.8 Å². The fourth-order valence-corrected chi connectivity index (χ4v) is 4.89. The number of amides is 2. The number of carbonyl (C=O) groups excluding carboxylic acids is 2. The molecule has 0 radical (unpaired) electrons. The maximum absolute atomic E-state index is 13.4. The van der Waals surface area contributed by atoms with E-state index < -0.39 is 0 Å². The largest absolute Gasteiger partial charge is 0.497 e. The van der Waals surface area contributed by atoms with Crippen LogP contribution in [0.3, 0.4) is 0 Å². The summed E-state index contributed by atoms with van der Waals surface area (Å²) < 4.78 is 10.7. The van der Waals surface area contributed by atoms with Gasteiger partial charge in [-0.2, -0.15) is 4.98 Å². The SMILES string of the molecule is C=CC(=O)Cc1cc(-c2cncs2)ccc1Nc1ncc2c(n1)N(C)C(=O)N(c1cc(OC)cc(OC)c1)C2. The van der Waals surface area contributed by atoms with Gasteiger partial charge in [-0.1, -0.05) is 12.6 Å². The average molecular weight is 543 g/mol. The molecule has 2 aromatic heterocycles. The van der Waals surface area contributed by atoms with E-state index in [0.717, 1.165) is 21.6 Å². The van der Waals surface area contributed by atoms with Crippen LogP contribution in [0.2, 0.25) is 0 Å². The van der Waals surface area contributed by atoms with Crippen molar-refractivity contribution in [3.8, 4) is 21.9 Å². The number of carbonyl (C=O) groups is 2. The highest BCUT2D eigenvalue weighted by atomic mass is 32.1. The molecule has 0 unspecified atom stereocenters. The number of methoxy groups -OCH3 is 2. The molecule has 11 heteroatoms. The number of urea groups is 1. The zero-order chi connectivity index (χ0) is 27.5. The van der Waals surface area contributed by atoms with Gasteiger partial charge >= 0.3 is 6.03 Å². The lowest BCUT2D eigenvalue weighted by atomic mass is 10.0. The van der Waals surface area contributed by atoms with Crippen molar-refractivity contribution in [3.63, 3.8) is 0 Å². The van der Waals surface area contributed by atoms with Crippen molar-refractivity contribution in [1.29, 1.82) is 0 Å². The van der Waals surface area contributed by atoms with Crippen LogP contribution in [0.4, 0.5) is 27.9 Å². The second-order valence-corrected chi connectivity index (χ2v) is 9.64. The van der Waals surface area contributed by atoms with Gasteiger partial charge in [-0.05, 0) is 29.3 Å². The first-order chi connectivity index (χ1) is 18.9. The summed E-state index contributed by atoms with van der Waals surface area (Å²) in [6, 6.07) is 10.8. The second kappa shape index (κ2) is 10.9. The first-order valence-corrected chi connectivity index (χ1v) is 12.9. The number of hydrogen-bond acceptors (Lipinski definition) is 9. The van der Waals surface area contributed by atoms with E-state index in [2.05, 4.69) is 26.8 Å². The summed E-state index contributed by atoms with van der Waals surface area (Å²) in [6.07, 6.45) is 4.96. The molecule has 2 amide bonds. The first kappa shape index (κ1) is 25.9. The van der Waals surface area contributed by atoms with Gasteiger partial charge < -0.3 is 14.8 Å². The highest BCUT2D eigenvalue weighted by Crippen LogP contribution is 2.35. The van der Waals surface area contributed by atoms with Crippen LogP contribution < -0.4 is 24.6 Å². The van der Waals surface area contributed by atoms with Gasteiger partial charge in [0, 0.05) is 55.3 Å². The standard InChI is InChI=1S/C28H26N6O4S/c1-5-21(35)9-18-8-17(25-14-29-16-39-25)6-7-24(18)31-27-30-13-19-15-34(28(36)33(2)26(19)32-27)20-10-22(37-3)12-23(11-20)38-4/h5-8,10-14,16H,1,9,15H2,2-4H3,(H,30,31,32). The molecule has 0 bridgehead atoms. The summed E-state index contributed by atoms with van der Waals surface area (Å²) in [5, 5.41) is 3.23. The Morgan fingerprint density at radius 2 is 1.92 bits per heavy atom. The van der Waals surface area contributed by atoms with E-state index in [1.165, 1.54) is 22.3 Å². The molecule has 4 aromatic rings. The quantitative estimate of drug-likeness (QED) is 0.286. The number of aromatic nitrogens is 3. The molecule has 198 valence electrons. The normalized spacial score (nSPS) is 12.6. The van der Waals surface area contributed by atoms with Crippen LogP contribution in [0.15, 0.2) is 67.0 Å². The predicted molar refractivity (Wildman–Crippen MR) is 151 cm³/mol. The van der Waals surface area contributed by atoms with Crippen LogP contribution in [0.25, 0.3) is 10.4 Å². The van der Waals surface area contributed by atoms with Gasteiger partial charge in [0.2, 0.25) is 5.95 Å². The first-order valence-electron chi connectivity index (χ1n) is 12.0. The van der Waals surface area contributed by atoms with Gasteiger partial charge in [0.05, 0.1) is 36.8 Å². The highest BCUT2D eigenvalue weighted by Gasteiger charge is 2.31. The van der Waals surface area contributed by atoms with Crippen molar-refractivity contribution in [2.24, 2.45) is 0 Å². The summed E-state index contributed by atoms with van der Waals surface area (Å²) >= 11 is 1.52. The molecule has 10 nitrogen and oxygen atoms in total. The molecule has 0 atom stereocenters. The number of ether oxygens (including phenoxy) is 2. The van der Waals surface area contributed by atoms with Crippen LogP contribution in [-0.2, 0) is 17.8 Å². The number of anilines is 4. The number of ketones is 1. The Morgan fingerprint density at radius 3 is 2.59 bits per heavy atom. The fourth-order valence-electron chi connectivity index (χ4n) is 4.27.